The van der Waals surface area contributed by atoms with E-state index in [9.17, 15) is 4.79 Å². The maximum atomic E-state index is 12.1. The fraction of sp³-hybridized carbons (Fsp3) is 0.375. The molecular formula is C16H19NO3. The van der Waals surface area contributed by atoms with Crippen molar-refractivity contribution in [3.63, 3.8) is 0 Å². The maximum absolute atomic E-state index is 12.1. The van der Waals surface area contributed by atoms with Crippen LogP contribution in [0.25, 0.3) is 0 Å². The smallest absolute Gasteiger partial charge is 0.349 e. The average Bonchev–Trinajstić information content (AvgIpc) is 2.68. The summed E-state index contributed by atoms with van der Waals surface area (Å²) in [4.78, 5) is 12.1. The van der Waals surface area contributed by atoms with Crippen LogP contribution in [0.4, 0.5) is 0 Å². The minimum Gasteiger partial charge on any atom is -0.423 e. The molecule has 0 saturated carbocycles. The molecule has 0 aliphatic carbocycles. The molecule has 2 aromatic rings. The molecule has 2 rings (SSSR count). The van der Waals surface area contributed by atoms with E-state index in [1.807, 2.05) is 12.1 Å². The molecule has 0 N–H and O–H groups in total. The number of rotatable bonds is 2. The molecule has 4 nitrogen and oxygen atoms in total. The van der Waals surface area contributed by atoms with Crippen LogP contribution in [-0.4, -0.2) is 11.1 Å². The van der Waals surface area contributed by atoms with Gasteiger partial charge in [-0.05, 0) is 37.0 Å². The Labute approximate surface area is 118 Å². The lowest BCUT2D eigenvalue weighted by Crippen LogP contribution is -2.12. The van der Waals surface area contributed by atoms with Crippen LogP contribution in [0.2, 0.25) is 0 Å². The quantitative estimate of drug-likeness (QED) is 0.616. The SMILES string of the molecule is Cc1noc(C)c1C(=O)Oc1ccc(C(C)(C)C)cc1. The van der Waals surface area contributed by atoms with Gasteiger partial charge in [0.05, 0.1) is 5.69 Å². The van der Waals surface area contributed by atoms with E-state index in [1.54, 1.807) is 26.0 Å². The summed E-state index contributed by atoms with van der Waals surface area (Å²) in [5.74, 6) is 0.548. The molecule has 0 fully saturated rings. The molecule has 0 unspecified atom stereocenters. The van der Waals surface area contributed by atoms with Gasteiger partial charge in [0.15, 0.2) is 0 Å². The summed E-state index contributed by atoms with van der Waals surface area (Å²) in [5, 5.41) is 3.75. The molecule has 0 radical (unpaired) electrons. The van der Waals surface area contributed by atoms with Crippen molar-refractivity contribution in [2.75, 3.05) is 0 Å². The Balaban J connectivity index is 2.17. The number of hydrogen-bond acceptors (Lipinski definition) is 4. The Kier molecular flexibility index (Phi) is 3.66. The van der Waals surface area contributed by atoms with Crippen LogP contribution >= 0.6 is 0 Å². The highest BCUT2D eigenvalue weighted by atomic mass is 16.5. The Bertz CT molecular complexity index is 599. The zero-order valence-electron chi connectivity index (χ0n) is 12.5. The molecule has 20 heavy (non-hydrogen) atoms. The van der Waals surface area contributed by atoms with E-state index in [4.69, 9.17) is 9.26 Å². The van der Waals surface area contributed by atoms with Gasteiger partial charge in [-0.25, -0.2) is 4.79 Å². The fourth-order valence-corrected chi connectivity index (χ4v) is 1.96. The van der Waals surface area contributed by atoms with Crippen molar-refractivity contribution in [1.29, 1.82) is 0 Å². The number of carbonyl (C=O) groups excluding carboxylic acids is 1. The molecule has 1 heterocycles. The lowest BCUT2D eigenvalue weighted by molar-refractivity contribution is 0.0732. The number of ether oxygens (including phenoxy) is 1. The average molecular weight is 273 g/mol. The Hall–Kier alpha value is -2.10. The number of benzene rings is 1. The van der Waals surface area contributed by atoms with E-state index >= 15 is 0 Å². The molecule has 1 aromatic heterocycles. The highest BCUT2D eigenvalue weighted by Gasteiger charge is 2.20. The number of aromatic nitrogens is 1. The van der Waals surface area contributed by atoms with Crippen LogP contribution in [0.5, 0.6) is 5.75 Å². The first-order valence-corrected chi connectivity index (χ1v) is 6.54. The molecule has 1 aromatic carbocycles. The second-order valence-corrected chi connectivity index (χ2v) is 5.86. The first-order chi connectivity index (χ1) is 9.29. The number of nitrogens with zero attached hydrogens (tertiary/aromatic N) is 1. The Morgan fingerprint density at radius 2 is 1.75 bits per heavy atom. The van der Waals surface area contributed by atoms with E-state index < -0.39 is 5.97 Å². The van der Waals surface area contributed by atoms with Crippen LogP contribution in [-0.2, 0) is 5.41 Å². The number of carbonyl (C=O) groups is 1. The third-order valence-electron chi connectivity index (χ3n) is 3.17. The van der Waals surface area contributed by atoms with E-state index in [2.05, 4.69) is 25.9 Å². The molecule has 0 amide bonds. The third kappa shape index (κ3) is 2.90. The van der Waals surface area contributed by atoms with E-state index in [0.717, 1.165) is 0 Å². The molecule has 4 heteroatoms. The summed E-state index contributed by atoms with van der Waals surface area (Å²) in [7, 11) is 0. The Morgan fingerprint density at radius 3 is 2.20 bits per heavy atom. The minimum atomic E-state index is -0.440. The normalized spacial score (nSPS) is 11.4. The van der Waals surface area contributed by atoms with Gasteiger partial charge in [0.25, 0.3) is 0 Å². The molecule has 0 bridgehead atoms. The number of aryl methyl sites for hydroxylation is 2. The second kappa shape index (κ2) is 5.12. The summed E-state index contributed by atoms with van der Waals surface area (Å²) in [6.45, 7) is 9.82. The van der Waals surface area contributed by atoms with Crippen molar-refractivity contribution in [2.45, 2.75) is 40.0 Å². The molecule has 0 spiro atoms. The largest absolute Gasteiger partial charge is 0.423 e. The minimum absolute atomic E-state index is 0.0736. The van der Waals surface area contributed by atoms with Crippen molar-refractivity contribution in [3.05, 3.63) is 46.8 Å². The monoisotopic (exact) mass is 273 g/mol. The predicted octanol–water partition coefficient (Wildman–Crippen LogP) is 3.81. The van der Waals surface area contributed by atoms with Gasteiger partial charge in [-0.2, -0.15) is 0 Å². The third-order valence-corrected chi connectivity index (χ3v) is 3.17. The standard InChI is InChI=1S/C16H19NO3/c1-10-14(11(2)20-17-10)15(18)19-13-8-6-12(7-9-13)16(3,4)5/h6-9H,1-5H3. The first kappa shape index (κ1) is 14.3. The fourth-order valence-electron chi connectivity index (χ4n) is 1.96. The van der Waals surface area contributed by atoms with Crippen molar-refractivity contribution in [2.24, 2.45) is 0 Å². The van der Waals surface area contributed by atoms with E-state index in [1.165, 1.54) is 5.56 Å². The highest BCUT2D eigenvalue weighted by molar-refractivity contribution is 5.93. The molecule has 0 atom stereocenters. The highest BCUT2D eigenvalue weighted by Crippen LogP contribution is 2.25. The van der Waals surface area contributed by atoms with Gasteiger partial charge in [0, 0.05) is 0 Å². The Morgan fingerprint density at radius 1 is 1.15 bits per heavy atom. The van der Waals surface area contributed by atoms with Crippen molar-refractivity contribution in [3.8, 4) is 5.75 Å². The van der Waals surface area contributed by atoms with Gasteiger partial charge in [-0.3, -0.25) is 0 Å². The summed E-state index contributed by atoms with van der Waals surface area (Å²) >= 11 is 0. The summed E-state index contributed by atoms with van der Waals surface area (Å²) in [6.07, 6.45) is 0. The van der Waals surface area contributed by atoms with Gasteiger partial charge < -0.3 is 9.26 Å². The number of hydrogen-bond donors (Lipinski definition) is 0. The lowest BCUT2D eigenvalue weighted by Gasteiger charge is -2.18. The molecular weight excluding hydrogens is 254 g/mol. The van der Waals surface area contributed by atoms with Gasteiger partial charge >= 0.3 is 5.97 Å². The summed E-state index contributed by atoms with van der Waals surface area (Å²) < 4.78 is 10.3. The second-order valence-electron chi connectivity index (χ2n) is 5.86. The number of esters is 1. The molecule has 0 aliphatic heterocycles. The summed E-state index contributed by atoms with van der Waals surface area (Å²) in [5.41, 5.74) is 2.20. The van der Waals surface area contributed by atoms with Crippen LogP contribution < -0.4 is 4.74 Å². The van der Waals surface area contributed by atoms with Crippen molar-refractivity contribution in [1.82, 2.24) is 5.16 Å². The van der Waals surface area contributed by atoms with Gasteiger partial charge in [0.1, 0.15) is 17.1 Å². The van der Waals surface area contributed by atoms with Crippen molar-refractivity contribution >= 4 is 5.97 Å². The summed E-state index contributed by atoms with van der Waals surface area (Å²) in [6, 6.07) is 7.54. The zero-order chi connectivity index (χ0) is 14.9. The van der Waals surface area contributed by atoms with Crippen LogP contribution in [0.15, 0.2) is 28.8 Å². The topological polar surface area (TPSA) is 52.3 Å². The van der Waals surface area contributed by atoms with Crippen LogP contribution in [0.3, 0.4) is 0 Å². The van der Waals surface area contributed by atoms with Gasteiger partial charge in [0.2, 0.25) is 0 Å². The van der Waals surface area contributed by atoms with Crippen LogP contribution in [0.1, 0.15) is 48.1 Å². The van der Waals surface area contributed by atoms with Crippen molar-refractivity contribution < 1.29 is 14.1 Å². The first-order valence-electron chi connectivity index (χ1n) is 6.54. The molecule has 0 aliphatic rings. The molecule has 0 saturated heterocycles. The lowest BCUT2D eigenvalue weighted by atomic mass is 9.87. The van der Waals surface area contributed by atoms with Gasteiger partial charge in [-0.15, -0.1) is 0 Å². The van der Waals surface area contributed by atoms with E-state index in [-0.39, 0.29) is 5.41 Å². The van der Waals surface area contributed by atoms with E-state index in [0.29, 0.717) is 22.8 Å². The zero-order valence-corrected chi connectivity index (χ0v) is 12.5. The molecule has 106 valence electrons. The maximum Gasteiger partial charge on any atom is 0.349 e. The predicted molar refractivity (Wildman–Crippen MR) is 76.1 cm³/mol. The van der Waals surface area contributed by atoms with Crippen LogP contribution in [0, 0.1) is 13.8 Å². The van der Waals surface area contributed by atoms with Gasteiger partial charge in [-0.1, -0.05) is 38.1 Å².